The van der Waals surface area contributed by atoms with Crippen LogP contribution >= 0.6 is 0 Å². The molecule has 1 aliphatic rings. The average molecular weight is 374 g/mol. The molecule has 1 aromatic heterocycles. The first-order chi connectivity index (χ1) is 13.7. The molecule has 5 heteroatoms. The molecule has 1 fully saturated rings. The van der Waals surface area contributed by atoms with E-state index in [2.05, 4.69) is 82.5 Å². The Labute approximate surface area is 167 Å². The standard InChI is InChI=1S/C23H27N5/c1-18-6-8-20(9-7-18)17-25-23-24-11-10-22(26-23)28-14-12-27(13-15-28)21-5-3-4-19(2)16-21/h3-11,16H,12-15,17H2,1-2H3,(H,24,25,26). The Morgan fingerprint density at radius 2 is 1.61 bits per heavy atom. The highest BCUT2D eigenvalue weighted by Crippen LogP contribution is 2.20. The third kappa shape index (κ3) is 4.42. The van der Waals surface area contributed by atoms with Gasteiger partial charge >= 0.3 is 0 Å². The summed E-state index contributed by atoms with van der Waals surface area (Å²) in [6.07, 6.45) is 1.84. The first-order valence-corrected chi connectivity index (χ1v) is 9.86. The number of anilines is 3. The van der Waals surface area contributed by atoms with Crippen LogP contribution in [0.25, 0.3) is 0 Å². The number of nitrogens with one attached hydrogen (secondary N) is 1. The van der Waals surface area contributed by atoms with Crippen molar-refractivity contribution >= 4 is 17.5 Å². The van der Waals surface area contributed by atoms with Gasteiger partial charge in [-0.25, -0.2) is 4.98 Å². The van der Waals surface area contributed by atoms with Gasteiger partial charge in [0.2, 0.25) is 5.95 Å². The lowest BCUT2D eigenvalue weighted by Gasteiger charge is -2.36. The Kier molecular flexibility index (Phi) is 5.42. The third-order valence-electron chi connectivity index (χ3n) is 5.18. The second kappa shape index (κ2) is 8.30. The fourth-order valence-electron chi connectivity index (χ4n) is 3.52. The lowest BCUT2D eigenvalue weighted by molar-refractivity contribution is 0.647. The molecule has 0 atom stereocenters. The Morgan fingerprint density at radius 1 is 0.857 bits per heavy atom. The van der Waals surface area contributed by atoms with E-state index >= 15 is 0 Å². The van der Waals surface area contributed by atoms with Crippen LogP contribution < -0.4 is 15.1 Å². The van der Waals surface area contributed by atoms with Crippen LogP contribution in [0.15, 0.2) is 60.8 Å². The van der Waals surface area contributed by atoms with Crippen molar-refractivity contribution in [2.45, 2.75) is 20.4 Å². The molecule has 2 aromatic carbocycles. The normalized spacial score (nSPS) is 14.2. The van der Waals surface area contributed by atoms with Crippen molar-refractivity contribution < 1.29 is 0 Å². The van der Waals surface area contributed by atoms with Gasteiger partial charge in [-0.15, -0.1) is 0 Å². The number of hydrogen-bond donors (Lipinski definition) is 1. The van der Waals surface area contributed by atoms with E-state index in [1.54, 1.807) is 0 Å². The van der Waals surface area contributed by atoms with Gasteiger partial charge in [0.25, 0.3) is 0 Å². The molecule has 0 amide bonds. The van der Waals surface area contributed by atoms with Crippen molar-refractivity contribution in [2.75, 3.05) is 41.3 Å². The maximum Gasteiger partial charge on any atom is 0.224 e. The molecule has 1 N–H and O–H groups in total. The summed E-state index contributed by atoms with van der Waals surface area (Å²) in [6.45, 7) is 8.89. The van der Waals surface area contributed by atoms with Crippen LogP contribution in [0, 0.1) is 13.8 Å². The molecule has 1 aliphatic heterocycles. The van der Waals surface area contributed by atoms with E-state index < -0.39 is 0 Å². The summed E-state index contributed by atoms with van der Waals surface area (Å²) >= 11 is 0. The maximum atomic E-state index is 4.73. The second-order valence-electron chi connectivity index (χ2n) is 7.39. The molecule has 0 aliphatic carbocycles. The van der Waals surface area contributed by atoms with Crippen molar-refractivity contribution in [1.82, 2.24) is 9.97 Å². The van der Waals surface area contributed by atoms with Crippen molar-refractivity contribution in [1.29, 1.82) is 0 Å². The second-order valence-corrected chi connectivity index (χ2v) is 7.39. The molecule has 3 aromatic rings. The minimum absolute atomic E-state index is 0.680. The fourth-order valence-corrected chi connectivity index (χ4v) is 3.52. The van der Waals surface area contributed by atoms with Gasteiger partial charge in [-0.2, -0.15) is 4.98 Å². The van der Waals surface area contributed by atoms with Crippen LogP contribution in [-0.4, -0.2) is 36.1 Å². The highest BCUT2D eigenvalue weighted by molar-refractivity contribution is 5.51. The molecule has 2 heterocycles. The Balaban J connectivity index is 1.36. The van der Waals surface area contributed by atoms with Gasteiger partial charge < -0.3 is 15.1 Å². The third-order valence-corrected chi connectivity index (χ3v) is 5.18. The van der Waals surface area contributed by atoms with Crippen molar-refractivity contribution in [3.05, 3.63) is 77.5 Å². The Hall–Kier alpha value is -3.08. The summed E-state index contributed by atoms with van der Waals surface area (Å²) in [6, 6.07) is 19.3. The number of aryl methyl sites for hydroxylation is 2. The Morgan fingerprint density at radius 3 is 2.36 bits per heavy atom. The Bertz CT molecular complexity index is 914. The monoisotopic (exact) mass is 373 g/mol. The number of aromatic nitrogens is 2. The first kappa shape index (κ1) is 18.3. The number of piperazine rings is 1. The maximum absolute atomic E-state index is 4.73. The molecular formula is C23H27N5. The summed E-state index contributed by atoms with van der Waals surface area (Å²) in [7, 11) is 0. The predicted molar refractivity (Wildman–Crippen MR) is 116 cm³/mol. The van der Waals surface area contributed by atoms with Gasteiger partial charge in [0, 0.05) is 44.6 Å². The molecule has 0 spiro atoms. The van der Waals surface area contributed by atoms with Crippen molar-refractivity contribution in [2.24, 2.45) is 0 Å². The summed E-state index contributed by atoms with van der Waals surface area (Å²) in [5.41, 5.74) is 5.11. The van der Waals surface area contributed by atoms with Crippen LogP contribution in [0.5, 0.6) is 0 Å². The summed E-state index contributed by atoms with van der Waals surface area (Å²) in [5.74, 6) is 1.67. The van der Waals surface area contributed by atoms with Gasteiger partial charge in [0.05, 0.1) is 0 Å². The summed E-state index contributed by atoms with van der Waals surface area (Å²) in [5, 5.41) is 3.34. The van der Waals surface area contributed by atoms with Gasteiger partial charge in [0.15, 0.2) is 0 Å². The molecule has 0 saturated carbocycles. The molecule has 1 saturated heterocycles. The van der Waals surface area contributed by atoms with Gasteiger partial charge in [-0.3, -0.25) is 0 Å². The van der Waals surface area contributed by atoms with Crippen molar-refractivity contribution in [3.63, 3.8) is 0 Å². The van der Waals surface area contributed by atoms with Crippen LogP contribution in [0.4, 0.5) is 17.5 Å². The molecule has 4 rings (SSSR count). The molecule has 0 bridgehead atoms. The SMILES string of the molecule is Cc1ccc(CNc2nccc(N3CCN(c4cccc(C)c4)CC3)n2)cc1. The molecule has 5 nitrogen and oxygen atoms in total. The highest BCUT2D eigenvalue weighted by atomic mass is 15.3. The number of hydrogen-bond acceptors (Lipinski definition) is 5. The van der Waals surface area contributed by atoms with Crippen LogP contribution in [0.3, 0.4) is 0 Å². The van der Waals surface area contributed by atoms with Crippen molar-refractivity contribution in [3.8, 4) is 0 Å². The molecular weight excluding hydrogens is 346 g/mol. The van der Waals surface area contributed by atoms with Gasteiger partial charge in [0.1, 0.15) is 5.82 Å². The van der Waals surface area contributed by atoms with E-state index in [1.807, 2.05) is 12.3 Å². The number of nitrogens with zero attached hydrogens (tertiary/aromatic N) is 4. The van der Waals surface area contributed by atoms with E-state index in [0.29, 0.717) is 5.95 Å². The minimum atomic E-state index is 0.680. The summed E-state index contributed by atoms with van der Waals surface area (Å²) < 4.78 is 0. The number of rotatable bonds is 5. The van der Waals surface area contributed by atoms with E-state index in [4.69, 9.17) is 4.98 Å². The van der Waals surface area contributed by atoms with E-state index in [1.165, 1.54) is 22.4 Å². The lowest BCUT2D eigenvalue weighted by atomic mass is 10.1. The molecule has 0 radical (unpaired) electrons. The zero-order valence-corrected chi connectivity index (χ0v) is 16.6. The zero-order valence-electron chi connectivity index (χ0n) is 16.6. The largest absolute Gasteiger partial charge is 0.368 e. The quantitative estimate of drug-likeness (QED) is 0.731. The summed E-state index contributed by atoms with van der Waals surface area (Å²) in [4.78, 5) is 13.9. The minimum Gasteiger partial charge on any atom is -0.368 e. The highest BCUT2D eigenvalue weighted by Gasteiger charge is 2.18. The van der Waals surface area contributed by atoms with Gasteiger partial charge in [-0.05, 0) is 43.2 Å². The topological polar surface area (TPSA) is 44.3 Å². The smallest absolute Gasteiger partial charge is 0.224 e. The van der Waals surface area contributed by atoms with Crippen LogP contribution in [0.2, 0.25) is 0 Å². The van der Waals surface area contributed by atoms with Gasteiger partial charge in [-0.1, -0.05) is 42.0 Å². The fraction of sp³-hybridized carbons (Fsp3) is 0.304. The lowest BCUT2D eigenvalue weighted by Crippen LogP contribution is -2.46. The molecule has 0 unspecified atom stereocenters. The van der Waals surface area contributed by atoms with Crippen LogP contribution in [0.1, 0.15) is 16.7 Å². The average Bonchev–Trinajstić information content (AvgIpc) is 2.74. The first-order valence-electron chi connectivity index (χ1n) is 9.86. The molecule has 28 heavy (non-hydrogen) atoms. The van der Waals surface area contributed by atoms with E-state index in [9.17, 15) is 0 Å². The predicted octanol–water partition coefficient (Wildman–Crippen LogP) is 4.03. The van der Waals surface area contributed by atoms with E-state index in [0.717, 1.165) is 38.5 Å². The van der Waals surface area contributed by atoms with Crippen LogP contribution in [-0.2, 0) is 6.54 Å². The van der Waals surface area contributed by atoms with E-state index in [-0.39, 0.29) is 0 Å². The zero-order chi connectivity index (χ0) is 19.3. The molecule has 144 valence electrons. The number of benzene rings is 2.